The summed E-state index contributed by atoms with van der Waals surface area (Å²) in [6, 6.07) is 5.61. The van der Waals surface area contributed by atoms with Crippen LogP contribution in [0, 0.1) is 3.57 Å². The lowest BCUT2D eigenvalue weighted by Gasteiger charge is -2.02. The molecule has 0 saturated heterocycles. The van der Waals surface area contributed by atoms with Gasteiger partial charge in [-0.05, 0) is 40.8 Å². The number of amides is 1. The van der Waals surface area contributed by atoms with Gasteiger partial charge in [-0.2, -0.15) is 5.10 Å². The predicted octanol–water partition coefficient (Wildman–Crippen LogP) is 2.90. The van der Waals surface area contributed by atoms with E-state index in [9.17, 15) is 4.79 Å². The van der Waals surface area contributed by atoms with Crippen molar-refractivity contribution < 1.29 is 9.53 Å². The Morgan fingerprint density at radius 2 is 2.29 bits per heavy atom. The van der Waals surface area contributed by atoms with Gasteiger partial charge in [0.2, 0.25) is 0 Å². The van der Waals surface area contributed by atoms with Crippen molar-refractivity contribution in [3.63, 3.8) is 0 Å². The largest absolute Gasteiger partial charge is 0.497 e. The lowest BCUT2D eigenvalue weighted by atomic mass is 10.3. The zero-order valence-electron chi connectivity index (χ0n) is 11.3. The van der Waals surface area contributed by atoms with Gasteiger partial charge < -0.3 is 4.74 Å². The van der Waals surface area contributed by atoms with E-state index in [1.165, 1.54) is 11.3 Å². The number of halogens is 1. The summed E-state index contributed by atoms with van der Waals surface area (Å²) in [5.74, 6) is 0.552. The molecule has 3 rings (SSSR count). The number of carbonyl (C=O) groups is 1. The Morgan fingerprint density at radius 3 is 2.95 bits per heavy atom. The van der Waals surface area contributed by atoms with Gasteiger partial charge in [0, 0.05) is 7.05 Å². The van der Waals surface area contributed by atoms with Crippen molar-refractivity contribution in [2.24, 2.45) is 7.05 Å². The van der Waals surface area contributed by atoms with Crippen molar-refractivity contribution in [2.75, 3.05) is 12.4 Å². The Kier molecular flexibility index (Phi) is 3.81. The van der Waals surface area contributed by atoms with Crippen LogP contribution >= 0.6 is 33.9 Å². The molecule has 0 aliphatic carbocycles. The van der Waals surface area contributed by atoms with Gasteiger partial charge in [-0.3, -0.25) is 14.8 Å². The first kappa shape index (κ1) is 14.3. The molecular weight excluding hydrogens is 403 g/mol. The maximum Gasteiger partial charge on any atom is 0.276 e. The maximum absolute atomic E-state index is 12.3. The lowest BCUT2D eigenvalue weighted by Crippen LogP contribution is -2.17. The molecular formula is C13H11IN4O2S. The standard InChI is InChI=1S/C13H11IN4O2S/c1-18-11(8(14)6-15-18)12(19)17-13-16-9-4-3-7(20-2)5-10(9)21-13/h3-6H,1-2H3,(H,16,17,19). The van der Waals surface area contributed by atoms with E-state index in [1.807, 2.05) is 18.2 Å². The maximum atomic E-state index is 12.3. The van der Waals surface area contributed by atoms with Crippen LogP contribution in [0.3, 0.4) is 0 Å². The molecule has 0 unspecified atom stereocenters. The first-order valence-electron chi connectivity index (χ1n) is 6.02. The summed E-state index contributed by atoms with van der Waals surface area (Å²) >= 11 is 3.49. The van der Waals surface area contributed by atoms with E-state index >= 15 is 0 Å². The molecule has 0 spiro atoms. The molecule has 2 heterocycles. The molecule has 0 bridgehead atoms. The average Bonchev–Trinajstić information content (AvgIpc) is 3.00. The number of carbonyl (C=O) groups excluding carboxylic acids is 1. The van der Waals surface area contributed by atoms with Crippen molar-refractivity contribution in [1.82, 2.24) is 14.8 Å². The van der Waals surface area contributed by atoms with E-state index in [2.05, 4.69) is 38.0 Å². The summed E-state index contributed by atoms with van der Waals surface area (Å²) in [6.45, 7) is 0. The Bertz CT molecular complexity index is 807. The van der Waals surface area contributed by atoms with Crippen LogP contribution in [0.25, 0.3) is 10.2 Å². The van der Waals surface area contributed by atoms with E-state index in [1.54, 1.807) is 25.0 Å². The van der Waals surface area contributed by atoms with Crippen molar-refractivity contribution in [1.29, 1.82) is 0 Å². The normalized spacial score (nSPS) is 10.8. The number of ether oxygens (including phenoxy) is 1. The minimum absolute atomic E-state index is 0.217. The second-order valence-electron chi connectivity index (χ2n) is 4.27. The highest BCUT2D eigenvalue weighted by Crippen LogP contribution is 2.29. The van der Waals surface area contributed by atoms with Crippen LogP contribution in [0.2, 0.25) is 0 Å². The monoisotopic (exact) mass is 414 g/mol. The van der Waals surface area contributed by atoms with E-state index < -0.39 is 0 Å². The van der Waals surface area contributed by atoms with E-state index in [4.69, 9.17) is 4.74 Å². The van der Waals surface area contributed by atoms with Gasteiger partial charge in [0.25, 0.3) is 5.91 Å². The third-order valence-corrected chi connectivity index (χ3v) is 4.65. The smallest absolute Gasteiger partial charge is 0.276 e. The number of nitrogens with zero attached hydrogens (tertiary/aromatic N) is 3. The SMILES string of the molecule is COc1ccc2nc(NC(=O)c3c(I)cnn3C)sc2c1. The van der Waals surface area contributed by atoms with Gasteiger partial charge in [0.1, 0.15) is 11.4 Å². The van der Waals surface area contributed by atoms with E-state index in [0.29, 0.717) is 10.8 Å². The highest BCUT2D eigenvalue weighted by molar-refractivity contribution is 14.1. The Labute approximate surface area is 138 Å². The number of methoxy groups -OCH3 is 1. The first-order chi connectivity index (χ1) is 10.1. The van der Waals surface area contributed by atoms with Crippen LogP contribution in [-0.2, 0) is 7.05 Å². The average molecular weight is 414 g/mol. The molecule has 0 aliphatic heterocycles. The summed E-state index contributed by atoms with van der Waals surface area (Å²) in [4.78, 5) is 16.7. The van der Waals surface area contributed by atoms with Crippen LogP contribution in [0.5, 0.6) is 5.75 Å². The zero-order chi connectivity index (χ0) is 15.0. The molecule has 1 amide bonds. The Hall–Kier alpha value is -1.68. The van der Waals surface area contributed by atoms with Crippen molar-refractivity contribution in [3.05, 3.63) is 33.7 Å². The second-order valence-corrected chi connectivity index (χ2v) is 6.46. The third-order valence-electron chi connectivity index (χ3n) is 2.93. The van der Waals surface area contributed by atoms with Gasteiger partial charge in [0.05, 0.1) is 27.1 Å². The fraction of sp³-hybridized carbons (Fsp3) is 0.154. The van der Waals surface area contributed by atoms with E-state index in [0.717, 1.165) is 19.5 Å². The first-order valence-corrected chi connectivity index (χ1v) is 7.91. The van der Waals surface area contributed by atoms with Crippen LogP contribution in [-0.4, -0.2) is 27.8 Å². The van der Waals surface area contributed by atoms with Crippen LogP contribution in [0.1, 0.15) is 10.5 Å². The summed E-state index contributed by atoms with van der Waals surface area (Å²) in [7, 11) is 3.36. The molecule has 0 saturated carbocycles. The number of anilines is 1. The molecule has 3 aromatic rings. The lowest BCUT2D eigenvalue weighted by molar-refractivity contribution is 0.101. The topological polar surface area (TPSA) is 69.0 Å². The number of aromatic nitrogens is 3. The van der Waals surface area contributed by atoms with E-state index in [-0.39, 0.29) is 5.91 Å². The highest BCUT2D eigenvalue weighted by Gasteiger charge is 2.17. The molecule has 21 heavy (non-hydrogen) atoms. The van der Waals surface area contributed by atoms with Gasteiger partial charge in [-0.25, -0.2) is 4.98 Å². The molecule has 1 N–H and O–H groups in total. The van der Waals surface area contributed by atoms with Crippen molar-refractivity contribution in [3.8, 4) is 5.75 Å². The van der Waals surface area contributed by atoms with Gasteiger partial charge in [-0.15, -0.1) is 0 Å². The number of nitrogens with one attached hydrogen (secondary N) is 1. The Balaban J connectivity index is 1.89. The van der Waals surface area contributed by atoms with Gasteiger partial charge in [0.15, 0.2) is 5.13 Å². The number of hydrogen-bond donors (Lipinski definition) is 1. The predicted molar refractivity (Wildman–Crippen MR) is 90.1 cm³/mol. The summed E-state index contributed by atoms with van der Waals surface area (Å²) in [6.07, 6.45) is 1.65. The summed E-state index contributed by atoms with van der Waals surface area (Å²) in [5, 5.41) is 7.43. The van der Waals surface area contributed by atoms with Gasteiger partial charge in [-0.1, -0.05) is 11.3 Å². The molecule has 0 radical (unpaired) electrons. The minimum atomic E-state index is -0.217. The number of benzene rings is 1. The highest BCUT2D eigenvalue weighted by atomic mass is 127. The molecule has 6 nitrogen and oxygen atoms in total. The van der Waals surface area contributed by atoms with Gasteiger partial charge >= 0.3 is 0 Å². The van der Waals surface area contributed by atoms with Crippen LogP contribution in [0.4, 0.5) is 5.13 Å². The number of aryl methyl sites for hydroxylation is 1. The van der Waals surface area contributed by atoms with Crippen LogP contribution in [0.15, 0.2) is 24.4 Å². The summed E-state index contributed by atoms with van der Waals surface area (Å²) < 4.78 is 8.49. The number of hydrogen-bond acceptors (Lipinski definition) is 5. The molecule has 0 aliphatic rings. The molecule has 0 atom stereocenters. The second kappa shape index (κ2) is 5.60. The van der Waals surface area contributed by atoms with Crippen molar-refractivity contribution in [2.45, 2.75) is 0 Å². The third kappa shape index (κ3) is 2.72. The summed E-state index contributed by atoms with van der Waals surface area (Å²) in [5.41, 5.74) is 1.35. The fourth-order valence-electron chi connectivity index (χ4n) is 1.91. The number of rotatable bonds is 3. The molecule has 108 valence electrons. The fourth-order valence-corrected chi connectivity index (χ4v) is 3.52. The number of fused-ring (bicyclic) bond motifs is 1. The molecule has 1 aromatic carbocycles. The minimum Gasteiger partial charge on any atom is -0.497 e. The quantitative estimate of drug-likeness (QED) is 0.670. The molecule has 0 fully saturated rings. The van der Waals surface area contributed by atoms with Crippen LogP contribution < -0.4 is 10.1 Å². The zero-order valence-corrected chi connectivity index (χ0v) is 14.2. The molecule has 8 heteroatoms. The molecule has 2 aromatic heterocycles. The Morgan fingerprint density at radius 1 is 1.48 bits per heavy atom. The van der Waals surface area contributed by atoms with Crippen molar-refractivity contribution >= 4 is 55.2 Å². The number of thiazole rings is 1.